The van der Waals surface area contributed by atoms with Crippen LogP contribution in [0.5, 0.6) is 5.75 Å². The smallest absolute Gasteiger partial charge is 0.282 e. The van der Waals surface area contributed by atoms with E-state index in [0.717, 1.165) is 16.8 Å². The summed E-state index contributed by atoms with van der Waals surface area (Å²) in [6.45, 7) is 3.85. The Labute approximate surface area is 182 Å². The first-order valence-corrected chi connectivity index (χ1v) is 10.1. The average molecular weight is 412 g/mol. The summed E-state index contributed by atoms with van der Waals surface area (Å²) in [5.41, 5.74) is 4.68. The molecule has 4 rings (SSSR count). The minimum absolute atomic E-state index is 0.332. The van der Waals surface area contributed by atoms with Crippen LogP contribution in [0.25, 0.3) is 5.57 Å². The molecule has 0 fully saturated rings. The highest BCUT2D eigenvalue weighted by Gasteiger charge is 2.42. The first-order valence-electron chi connectivity index (χ1n) is 10.1. The minimum Gasteiger partial charge on any atom is -0.497 e. The van der Waals surface area contributed by atoms with E-state index in [9.17, 15) is 9.59 Å². The number of methoxy groups -OCH3 is 1. The number of rotatable bonds is 5. The maximum atomic E-state index is 13.7. The second-order valence-electron chi connectivity index (χ2n) is 7.58. The van der Waals surface area contributed by atoms with Crippen LogP contribution in [-0.4, -0.2) is 26.0 Å². The molecule has 5 heteroatoms. The molecule has 0 saturated carbocycles. The van der Waals surface area contributed by atoms with Gasteiger partial charge in [-0.15, -0.1) is 0 Å². The molecule has 3 aromatic rings. The molecule has 1 aliphatic rings. The third-order valence-corrected chi connectivity index (χ3v) is 5.52. The van der Waals surface area contributed by atoms with Crippen molar-refractivity contribution in [2.45, 2.75) is 13.8 Å². The summed E-state index contributed by atoms with van der Waals surface area (Å²) in [6, 6.07) is 22.5. The highest BCUT2D eigenvalue weighted by Crippen LogP contribution is 2.37. The molecular weight excluding hydrogens is 388 g/mol. The van der Waals surface area contributed by atoms with Gasteiger partial charge in [0.15, 0.2) is 0 Å². The van der Waals surface area contributed by atoms with E-state index in [1.165, 1.54) is 4.90 Å². The van der Waals surface area contributed by atoms with Crippen molar-refractivity contribution in [3.8, 4) is 5.75 Å². The lowest BCUT2D eigenvalue weighted by atomic mass is 10.0. The third kappa shape index (κ3) is 3.59. The lowest BCUT2D eigenvalue weighted by molar-refractivity contribution is -0.120. The highest BCUT2D eigenvalue weighted by molar-refractivity contribution is 6.46. The molecule has 0 N–H and O–H groups in total. The van der Waals surface area contributed by atoms with Crippen molar-refractivity contribution >= 4 is 28.8 Å². The van der Waals surface area contributed by atoms with Crippen LogP contribution in [0.3, 0.4) is 0 Å². The number of para-hydroxylation sites is 1. The summed E-state index contributed by atoms with van der Waals surface area (Å²) in [5, 5.41) is 0. The van der Waals surface area contributed by atoms with Crippen LogP contribution in [0, 0.1) is 13.8 Å². The number of hydrogen-bond donors (Lipinski definition) is 0. The molecule has 0 saturated heterocycles. The predicted octanol–water partition coefficient (Wildman–Crippen LogP) is 4.73. The van der Waals surface area contributed by atoms with Crippen molar-refractivity contribution < 1.29 is 14.3 Å². The van der Waals surface area contributed by atoms with Crippen molar-refractivity contribution in [2.75, 3.05) is 24.0 Å². The number of imide groups is 1. The normalized spacial score (nSPS) is 13.7. The number of nitrogens with zero attached hydrogens (tertiary/aromatic N) is 2. The zero-order chi connectivity index (χ0) is 22.1. The number of aryl methyl sites for hydroxylation is 2. The Morgan fingerprint density at radius 1 is 0.839 bits per heavy atom. The summed E-state index contributed by atoms with van der Waals surface area (Å²) < 4.78 is 5.25. The zero-order valence-electron chi connectivity index (χ0n) is 18.0. The van der Waals surface area contributed by atoms with Crippen LogP contribution in [0.2, 0.25) is 0 Å². The molecule has 0 atom stereocenters. The molecule has 0 aromatic heterocycles. The molecule has 0 spiro atoms. The van der Waals surface area contributed by atoms with Crippen LogP contribution in [0.1, 0.15) is 16.7 Å². The van der Waals surface area contributed by atoms with Crippen LogP contribution in [0.4, 0.5) is 11.4 Å². The number of benzene rings is 3. The molecule has 5 nitrogen and oxygen atoms in total. The molecule has 31 heavy (non-hydrogen) atoms. The Morgan fingerprint density at radius 2 is 1.52 bits per heavy atom. The average Bonchev–Trinajstić information content (AvgIpc) is 3.05. The van der Waals surface area contributed by atoms with E-state index in [1.807, 2.05) is 81.6 Å². The summed E-state index contributed by atoms with van der Waals surface area (Å²) in [7, 11) is 3.40. The topological polar surface area (TPSA) is 49.9 Å². The predicted molar refractivity (Wildman–Crippen MR) is 123 cm³/mol. The zero-order valence-corrected chi connectivity index (χ0v) is 18.0. The monoisotopic (exact) mass is 412 g/mol. The molecule has 0 bridgehead atoms. The number of carbonyl (C=O) groups is 2. The first-order chi connectivity index (χ1) is 14.9. The van der Waals surface area contributed by atoms with E-state index >= 15 is 0 Å². The van der Waals surface area contributed by atoms with Gasteiger partial charge in [-0.1, -0.05) is 42.5 Å². The fourth-order valence-corrected chi connectivity index (χ4v) is 3.81. The van der Waals surface area contributed by atoms with Crippen LogP contribution >= 0.6 is 0 Å². The summed E-state index contributed by atoms with van der Waals surface area (Å²) in [6.07, 6.45) is 0. The molecule has 0 radical (unpaired) electrons. The molecule has 156 valence electrons. The number of hydrogen-bond acceptors (Lipinski definition) is 4. The molecule has 1 aliphatic heterocycles. The largest absolute Gasteiger partial charge is 0.497 e. The molecule has 0 unspecified atom stereocenters. The molecule has 0 aliphatic carbocycles. The Balaban J connectivity index is 1.89. The van der Waals surface area contributed by atoms with Gasteiger partial charge in [-0.3, -0.25) is 9.59 Å². The number of anilines is 2. The molecule has 3 aromatic carbocycles. The molecule has 2 amide bonds. The fourth-order valence-electron chi connectivity index (χ4n) is 3.81. The highest BCUT2D eigenvalue weighted by atomic mass is 16.5. The Morgan fingerprint density at radius 3 is 2.16 bits per heavy atom. The lowest BCUT2D eigenvalue weighted by Gasteiger charge is -2.22. The van der Waals surface area contributed by atoms with Crippen LogP contribution in [-0.2, 0) is 9.59 Å². The van der Waals surface area contributed by atoms with Crippen molar-refractivity contribution in [1.29, 1.82) is 0 Å². The van der Waals surface area contributed by atoms with Gasteiger partial charge >= 0.3 is 0 Å². The van der Waals surface area contributed by atoms with Gasteiger partial charge in [0.1, 0.15) is 11.4 Å². The maximum Gasteiger partial charge on any atom is 0.282 e. The van der Waals surface area contributed by atoms with E-state index in [2.05, 4.69) is 0 Å². The van der Waals surface area contributed by atoms with Gasteiger partial charge in [-0.25, -0.2) is 4.90 Å². The SMILES string of the molecule is COc1ccc(C2=C(N(C)c3ccccc3)C(=O)N(c3cc(C)ccc3C)C2=O)cc1. The lowest BCUT2D eigenvalue weighted by Crippen LogP contribution is -2.34. The van der Waals surface area contributed by atoms with E-state index < -0.39 is 0 Å². The van der Waals surface area contributed by atoms with E-state index in [-0.39, 0.29) is 11.8 Å². The fraction of sp³-hybridized carbons (Fsp3) is 0.154. The number of ether oxygens (including phenoxy) is 1. The van der Waals surface area contributed by atoms with E-state index in [0.29, 0.717) is 28.3 Å². The van der Waals surface area contributed by atoms with Gasteiger partial charge in [0.25, 0.3) is 11.8 Å². The Kier molecular flexibility index (Phi) is 5.34. The first kappa shape index (κ1) is 20.4. The van der Waals surface area contributed by atoms with Crippen molar-refractivity contribution in [3.05, 3.63) is 95.2 Å². The van der Waals surface area contributed by atoms with Gasteiger partial charge < -0.3 is 9.64 Å². The van der Waals surface area contributed by atoms with Crippen LogP contribution in [0.15, 0.2) is 78.5 Å². The van der Waals surface area contributed by atoms with Crippen molar-refractivity contribution in [2.24, 2.45) is 0 Å². The maximum absolute atomic E-state index is 13.7. The molecular formula is C26H24N2O3. The van der Waals surface area contributed by atoms with Crippen molar-refractivity contribution in [3.63, 3.8) is 0 Å². The number of amides is 2. The second-order valence-corrected chi connectivity index (χ2v) is 7.58. The van der Waals surface area contributed by atoms with Gasteiger partial charge in [0.2, 0.25) is 0 Å². The molecule has 1 heterocycles. The van der Waals surface area contributed by atoms with Crippen LogP contribution < -0.4 is 14.5 Å². The van der Waals surface area contributed by atoms with Gasteiger partial charge in [0, 0.05) is 12.7 Å². The van der Waals surface area contributed by atoms with E-state index in [4.69, 9.17) is 4.74 Å². The second kappa shape index (κ2) is 8.11. The third-order valence-electron chi connectivity index (χ3n) is 5.52. The van der Waals surface area contributed by atoms with Gasteiger partial charge in [-0.2, -0.15) is 0 Å². The summed E-state index contributed by atoms with van der Waals surface area (Å²) >= 11 is 0. The number of carbonyl (C=O) groups excluding carboxylic acids is 2. The van der Waals surface area contributed by atoms with Gasteiger partial charge in [0.05, 0.1) is 18.4 Å². The quantitative estimate of drug-likeness (QED) is 0.569. The Bertz CT molecular complexity index is 1180. The van der Waals surface area contributed by atoms with E-state index in [1.54, 1.807) is 24.1 Å². The van der Waals surface area contributed by atoms with Gasteiger partial charge in [-0.05, 0) is 60.9 Å². The summed E-state index contributed by atoms with van der Waals surface area (Å²) in [5.74, 6) is 0.0167. The minimum atomic E-state index is -0.337. The van der Waals surface area contributed by atoms with Crippen molar-refractivity contribution in [1.82, 2.24) is 0 Å². The summed E-state index contributed by atoms with van der Waals surface area (Å²) in [4.78, 5) is 30.4. The Hall–Kier alpha value is -3.86. The standard InChI is InChI=1S/C26H24N2O3/c1-17-10-11-18(2)22(16-17)28-25(29)23(19-12-14-21(31-4)15-13-19)24(26(28)30)27(3)20-8-6-5-7-9-20/h5-16H,1-4H3. The number of likely N-dealkylation sites (N-methyl/N-ethyl adjacent to an activating group) is 1.